The Morgan fingerprint density at radius 1 is 0.348 bits per heavy atom. The first-order chi connectivity index (χ1) is 22.7. The van der Waals surface area contributed by atoms with Gasteiger partial charge in [0.2, 0.25) is 0 Å². The summed E-state index contributed by atoms with van der Waals surface area (Å²) in [7, 11) is 0. The molecule has 2 heteroatoms. The maximum Gasteiger partial charge on any atom is 0.136 e. The lowest BCUT2D eigenvalue weighted by atomic mass is 9.52. The van der Waals surface area contributed by atoms with E-state index in [0.29, 0.717) is 0 Å². The highest BCUT2D eigenvalue weighted by atomic mass is 35.5. The molecule has 0 amide bonds. The summed E-state index contributed by atoms with van der Waals surface area (Å²) < 4.78 is 6.46. The van der Waals surface area contributed by atoms with Gasteiger partial charge in [-0.2, -0.15) is 0 Å². The summed E-state index contributed by atoms with van der Waals surface area (Å²) in [6, 6.07) is 55.8. The largest absolute Gasteiger partial charge is 0.456 e. The highest BCUT2D eigenvalue weighted by Crippen LogP contribution is 2.67. The molecule has 1 aromatic heterocycles. The number of benzene rings is 7. The van der Waals surface area contributed by atoms with E-state index in [1.54, 1.807) is 0 Å². The molecular weight excluding hydrogens is 580 g/mol. The maximum atomic E-state index is 6.92. The molecule has 1 nitrogen and oxygen atoms in total. The fourth-order valence-electron chi connectivity index (χ4n) is 9.47. The topological polar surface area (TPSA) is 13.1 Å². The number of fused-ring (bicyclic) bond motifs is 19. The fraction of sp³-hybridized carbons (Fsp3) is 0.0455. The summed E-state index contributed by atoms with van der Waals surface area (Å²) in [5.74, 6) is 0. The van der Waals surface area contributed by atoms with Crippen molar-refractivity contribution in [3.63, 3.8) is 0 Å². The second-order valence-corrected chi connectivity index (χ2v) is 13.3. The average Bonchev–Trinajstić information content (AvgIpc) is 3.71. The minimum absolute atomic E-state index is 0.459. The van der Waals surface area contributed by atoms with Gasteiger partial charge < -0.3 is 4.42 Å². The van der Waals surface area contributed by atoms with E-state index in [4.69, 9.17) is 16.0 Å². The van der Waals surface area contributed by atoms with Gasteiger partial charge in [0.15, 0.2) is 0 Å². The standard InChI is InChI=1S/C44H25ClO/c45-26-21-22-29-31-25-42-32(30-13-3-10-20-41(30)46-42)24-40(31)44(39(29)23-26)37-18-8-6-16-35(37)43(36-17-7-9-19-38(36)44)33-14-4-1-11-27(33)28-12-2-5-15-34(28)43/h1-25H. The van der Waals surface area contributed by atoms with E-state index in [2.05, 4.69) is 140 Å². The number of halogens is 1. The SMILES string of the molecule is Clc1ccc2c(c1)C1(c3cc4c(cc3-2)oc2ccccc24)c2ccccc2C2(c3ccccc3-c3ccccc32)c2ccccc21. The first-order valence-electron chi connectivity index (χ1n) is 15.9. The predicted octanol–water partition coefficient (Wildman–Crippen LogP) is 11.3. The van der Waals surface area contributed by atoms with Gasteiger partial charge in [-0.05, 0) is 97.1 Å². The zero-order chi connectivity index (χ0) is 30.2. The second-order valence-electron chi connectivity index (χ2n) is 12.9. The highest BCUT2D eigenvalue weighted by Gasteiger charge is 2.59. The molecule has 214 valence electrons. The molecule has 8 aromatic rings. The van der Waals surface area contributed by atoms with E-state index in [1.165, 1.54) is 66.8 Å². The van der Waals surface area contributed by atoms with Crippen molar-refractivity contribution in [3.05, 3.63) is 201 Å². The van der Waals surface area contributed by atoms with Crippen LogP contribution in [0, 0.1) is 0 Å². The Hall–Kier alpha value is -5.37. The van der Waals surface area contributed by atoms with Crippen LogP contribution in [0.2, 0.25) is 5.02 Å². The van der Waals surface area contributed by atoms with Crippen molar-refractivity contribution in [3.8, 4) is 22.3 Å². The summed E-state index contributed by atoms with van der Waals surface area (Å²) in [5.41, 5.74) is 16.2. The van der Waals surface area contributed by atoms with Gasteiger partial charge in [-0.15, -0.1) is 0 Å². The molecule has 0 aliphatic heterocycles. The van der Waals surface area contributed by atoms with E-state index in [-0.39, 0.29) is 0 Å². The van der Waals surface area contributed by atoms with E-state index >= 15 is 0 Å². The van der Waals surface area contributed by atoms with Gasteiger partial charge in [-0.1, -0.05) is 133 Å². The van der Waals surface area contributed by atoms with Crippen molar-refractivity contribution in [2.24, 2.45) is 0 Å². The molecule has 2 spiro atoms. The smallest absolute Gasteiger partial charge is 0.136 e. The van der Waals surface area contributed by atoms with Crippen molar-refractivity contribution in [2.45, 2.75) is 10.8 Å². The maximum absolute atomic E-state index is 6.92. The van der Waals surface area contributed by atoms with Gasteiger partial charge >= 0.3 is 0 Å². The molecule has 11 rings (SSSR count). The Bertz CT molecular complexity index is 2530. The Morgan fingerprint density at radius 3 is 1.46 bits per heavy atom. The Balaban J connectivity index is 1.37. The molecule has 7 aromatic carbocycles. The van der Waals surface area contributed by atoms with Crippen molar-refractivity contribution >= 4 is 33.5 Å². The summed E-state index contributed by atoms with van der Waals surface area (Å²) in [6.07, 6.45) is 0. The third-order valence-corrected chi connectivity index (χ3v) is 11.3. The molecule has 0 fully saturated rings. The molecule has 3 aliphatic rings. The molecule has 0 atom stereocenters. The van der Waals surface area contributed by atoms with Crippen LogP contribution in [0.25, 0.3) is 44.2 Å². The Labute approximate surface area is 271 Å². The lowest BCUT2D eigenvalue weighted by Crippen LogP contribution is -2.43. The van der Waals surface area contributed by atoms with Crippen molar-refractivity contribution in [2.75, 3.05) is 0 Å². The van der Waals surface area contributed by atoms with E-state index in [0.717, 1.165) is 27.0 Å². The summed E-state index contributed by atoms with van der Waals surface area (Å²) in [4.78, 5) is 0. The van der Waals surface area contributed by atoms with E-state index in [9.17, 15) is 0 Å². The number of hydrogen-bond acceptors (Lipinski definition) is 1. The normalized spacial score (nSPS) is 15.4. The first-order valence-corrected chi connectivity index (χ1v) is 16.3. The van der Waals surface area contributed by atoms with E-state index in [1.807, 2.05) is 12.1 Å². The summed E-state index contributed by atoms with van der Waals surface area (Å²) in [6.45, 7) is 0. The Morgan fingerprint density at radius 2 is 0.826 bits per heavy atom. The van der Waals surface area contributed by atoms with Crippen LogP contribution >= 0.6 is 11.6 Å². The quantitative estimate of drug-likeness (QED) is 0.168. The van der Waals surface area contributed by atoms with Crippen LogP contribution in [0.5, 0.6) is 0 Å². The molecule has 3 aliphatic carbocycles. The van der Waals surface area contributed by atoms with Crippen LogP contribution in [0.15, 0.2) is 156 Å². The van der Waals surface area contributed by atoms with Gasteiger partial charge in [0.25, 0.3) is 0 Å². The van der Waals surface area contributed by atoms with Gasteiger partial charge in [0.1, 0.15) is 11.2 Å². The van der Waals surface area contributed by atoms with Gasteiger partial charge in [-0.25, -0.2) is 0 Å². The molecule has 46 heavy (non-hydrogen) atoms. The third kappa shape index (κ3) is 2.69. The second kappa shape index (κ2) is 8.46. The molecule has 0 saturated carbocycles. The highest BCUT2D eigenvalue weighted by molar-refractivity contribution is 6.31. The van der Waals surface area contributed by atoms with Crippen LogP contribution < -0.4 is 0 Å². The summed E-state index contributed by atoms with van der Waals surface area (Å²) in [5, 5.41) is 3.02. The fourth-order valence-corrected chi connectivity index (χ4v) is 9.64. The minimum Gasteiger partial charge on any atom is -0.456 e. The van der Waals surface area contributed by atoms with Gasteiger partial charge in [0, 0.05) is 15.8 Å². The Kier molecular flexibility index (Phi) is 4.58. The molecule has 0 unspecified atom stereocenters. The predicted molar refractivity (Wildman–Crippen MR) is 187 cm³/mol. The van der Waals surface area contributed by atoms with Crippen molar-refractivity contribution < 1.29 is 4.42 Å². The van der Waals surface area contributed by atoms with Crippen LogP contribution in [-0.4, -0.2) is 0 Å². The third-order valence-electron chi connectivity index (χ3n) is 11.0. The van der Waals surface area contributed by atoms with Crippen molar-refractivity contribution in [1.82, 2.24) is 0 Å². The first kappa shape index (κ1) is 24.9. The molecular formula is C44H25ClO. The van der Waals surface area contributed by atoms with Crippen molar-refractivity contribution in [1.29, 1.82) is 0 Å². The number of hydrogen-bond donors (Lipinski definition) is 0. The molecule has 0 saturated heterocycles. The zero-order valence-corrected chi connectivity index (χ0v) is 25.5. The number of furan rings is 1. The monoisotopic (exact) mass is 604 g/mol. The van der Waals surface area contributed by atoms with Gasteiger partial charge in [0.05, 0.1) is 10.8 Å². The molecule has 0 radical (unpaired) electrons. The molecule has 0 N–H and O–H groups in total. The van der Waals surface area contributed by atoms with E-state index < -0.39 is 10.8 Å². The van der Waals surface area contributed by atoms with Crippen LogP contribution in [0.4, 0.5) is 0 Å². The average molecular weight is 605 g/mol. The van der Waals surface area contributed by atoms with Crippen LogP contribution in [0.1, 0.15) is 44.5 Å². The number of rotatable bonds is 0. The molecule has 0 bridgehead atoms. The van der Waals surface area contributed by atoms with Gasteiger partial charge in [-0.3, -0.25) is 0 Å². The van der Waals surface area contributed by atoms with Crippen LogP contribution in [-0.2, 0) is 10.8 Å². The lowest BCUT2D eigenvalue weighted by Gasteiger charge is -2.48. The minimum atomic E-state index is -0.576. The zero-order valence-electron chi connectivity index (χ0n) is 24.7. The number of para-hydroxylation sites is 1. The molecule has 1 heterocycles. The summed E-state index contributed by atoms with van der Waals surface area (Å²) >= 11 is 6.92. The van der Waals surface area contributed by atoms with Crippen LogP contribution in [0.3, 0.4) is 0 Å². The lowest BCUT2D eigenvalue weighted by molar-refractivity contribution is 0.633.